The lowest BCUT2D eigenvalue weighted by Crippen LogP contribution is -2.36. The largest absolute Gasteiger partial charge is 0.382 e. The number of aromatic nitrogens is 5. The van der Waals surface area contributed by atoms with Gasteiger partial charge in [-0.1, -0.05) is 30.3 Å². The molecular formula is C33H34N8O3. The number of morpholine rings is 1. The zero-order valence-electron chi connectivity index (χ0n) is 25.2. The van der Waals surface area contributed by atoms with Gasteiger partial charge in [-0.3, -0.25) is 14.3 Å². The van der Waals surface area contributed by atoms with Crippen molar-refractivity contribution in [1.82, 2.24) is 24.3 Å². The second-order valence-electron chi connectivity index (χ2n) is 10.9. The van der Waals surface area contributed by atoms with Crippen LogP contribution in [0.4, 0.5) is 17.3 Å². The number of anilines is 3. The Morgan fingerprint density at radius 3 is 2.36 bits per heavy atom. The summed E-state index contributed by atoms with van der Waals surface area (Å²) in [5.41, 5.74) is 12.6. The molecule has 1 saturated heterocycles. The third kappa shape index (κ3) is 5.33. The van der Waals surface area contributed by atoms with Crippen molar-refractivity contribution in [2.45, 2.75) is 20.8 Å². The molecule has 1 fully saturated rings. The highest BCUT2D eigenvalue weighted by Gasteiger charge is 2.24. The van der Waals surface area contributed by atoms with Crippen molar-refractivity contribution < 1.29 is 9.53 Å². The molecule has 2 aromatic carbocycles. The maximum Gasteiger partial charge on any atom is 0.284 e. The summed E-state index contributed by atoms with van der Waals surface area (Å²) in [5.74, 6) is 0.677. The number of ether oxygens (including phenoxy) is 1. The Kier molecular flexibility index (Phi) is 7.71. The quantitative estimate of drug-likeness (QED) is 0.299. The van der Waals surface area contributed by atoms with Crippen molar-refractivity contribution in [3.8, 4) is 28.2 Å². The molecule has 11 heteroatoms. The number of carbonyl (C=O) groups excluding carboxylic acids is 1. The molecule has 3 aromatic heterocycles. The third-order valence-corrected chi connectivity index (χ3v) is 8.03. The summed E-state index contributed by atoms with van der Waals surface area (Å²) < 4.78 is 8.74. The van der Waals surface area contributed by atoms with E-state index in [2.05, 4.69) is 20.2 Å². The number of benzene rings is 2. The first-order valence-corrected chi connectivity index (χ1v) is 14.4. The summed E-state index contributed by atoms with van der Waals surface area (Å²) >= 11 is 0. The molecule has 5 aromatic rings. The molecule has 11 nitrogen and oxygen atoms in total. The van der Waals surface area contributed by atoms with Gasteiger partial charge in [-0.05, 0) is 56.2 Å². The molecule has 0 bridgehead atoms. The van der Waals surface area contributed by atoms with E-state index in [9.17, 15) is 9.59 Å². The topological polar surface area (TPSA) is 133 Å². The Balaban J connectivity index is 1.24. The van der Waals surface area contributed by atoms with E-state index < -0.39 is 5.91 Å². The number of nitrogens with zero attached hydrogens (tertiary/aromatic N) is 6. The molecule has 0 unspecified atom stereocenters. The fraction of sp³-hybridized carbons (Fsp3) is 0.242. The second kappa shape index (κ2) is 11.8. The summed E-state index contributed by atoms with van der Waals surface area (Å²) in [6.45, 7) is 8.57. The number of pyridine rings is 1. The first-order chi connectivity index (χ1) is 21.2. The van der Waals surface area contributed by atoms with Gasteiger partial charge in [0.15, 0.2) is 0 Å². The van der Waals surface area contributed by atoms with Crippen molar-refractivity contribution in [1.29, 1.82) is 0 Å². The van der Waals surface area contributed by atoms with E-state index in [1.807, 2.05) is 56.3 Å². The number of nitrogens with one attached hydrogen (secondary N) is 1. The Bertz CT molecular complexity index is 1900. The summed E-state index contributed by atoms with van der Waals surface area (Å²) in [5, 5.41) is 2.88. The SMILES string of the molecule is Cc1cccc(C)c1-n1c(=O)c(C(=O)Nc2ccc(-c3nc(-c4ccnc(N5CCOCC5)c4)cnc3N)cc2)c(C)n1C. The number of aryl methyl sites for hydroxylation is 2. The smallest absolute Gasteiger partial charge is 0.284 e. The van der Waals surface area contributed by atoms with E-state index in [-0.39, 0.29) is 11.1 Å². The first-order valence-electron chi connectivity index (χ1n) is 14.4. The minimum Gasteiger partial charge on any atom is -0.382 e. The highest BCUT2D eigenvalue weighted by atomic mass is 16.5. The summed E-state index contributed by atoms with van der Waals surface area (Å²) in [7, 11) is 1.78. The lowest BCUT2D eigenvalue weighted by Gasteiger charge is -2.28. The van der Waals surface area contributed by atoms with Crippen LogP contribution in [0.5, 0.6) is 0 Å². The van der Waals surface area contributed by atoms with Crippen LogP contribution in [0.3, 0.4) is 0 Å². The summed E-state index contributed by atoms with van der Waals surface area (Å²) in [4.78, 5) is 42.8. The number of amides is 1. The molecule has 0 spiro atoms. The number of nitrogens with two attached hydrogens (primary N) is 1. The van der Waals surface area contributed by atoms with Gasteiger partial charge >= 0.3 is 0 Å². The Hall–Kier alpha value is -5.29. The molecule has 224 valence electrons. The molecule has 3 N–H and O–H groups in total. The predicted molar refractivity (Wildman–Crippen MR) is 171 cm³/mol. The van der Waals surface area contributed by atoms with E-state index in [4.69, 9.17) is 15.5 Å². The Morgan fingerprint density at radius 1 is 0.955 bits per heavy atom. The van der Waals surface area contributed by atoms with E-state index >= 15 is 0 Å². The lowest BCUT2D eigenvalue weighted by atomic mass is 10.1. The average Bonchev–Trinajstić information content (AvgIpc) is 3.25. The molecule has 1 aliphatic heterocycles. The van der Waals surface area contributed by atoms with Gasteiger partial charge in [-0.15, -0.1) is 0 Å². The van der Waals surface area contributed by atoms with Crippen molar-refractivity contribution in [3.63, 3.8) is 0 Å². The number of carbonyl (C=O) groups is 1. The molecule has 1 aliphatic rings. The fourth-order valence-electron chi connectivity index (χ4n) is 5.56. The maximum atomic E-state index is 13.5. The van der Waals surface area contributed by atoms with Crippen LogP contribution in [-0.2, 0) is 11.8 Å². The Labute approximate surface area is 255 Å². The van der Waals surface area contributed by atoms with Gasteiger partial charge in [0.25, 0.3) is 11.5 Å². The van der Waals surface area contributed by atoms with Crippen LogP contribution < -0.4 is 21.5 Å². The van der Waals surface area contributed by atoms with Gasteiger partial charge in [0.2, 0.25) is 0 Å². The van der Waals surface area contributed by atoms with Gasteiger partial charge in [0.1, 0.15) is 22.9 Å². The van der Waals surface area contributed by atoms with Crippen molar-refractivity contribution >= 4 is 23.2 Å². The van der Waals surface area contributed by atoms with Crippen LogP contribution in [0.15, 0.2) is 71.8 Å². The first kappa shape index (κ1) is 28.8. The van der Waals surface area contributed by atoms with Crippen LogP contribution in [0.25, 0.3) is 28.2 Å². The molecule has 0 radical (unpaired) electrons. The monoisotopic (exact) mass is 590 g/mol. The van der Waals surface area contributed by atoms with Gasteiger partial charge in [0.05, 0.1) is 36.5 Å². The van der Waals surface area contributed by atoms with Crippen LogP contribution in [0.2, 0.25) is 0 Å². The van der Waals surface area contributed by atoms with E-state index in [0.29, 0.717) is 41.8 Å². The maximum absolute atomic E-state index is 13.5. The van der Waals surface area contributed by atoms with Crippen LogP contribution in [0.1, 0.15) is 27.2 Å². The highest BCUT2D eigenvalue weighted by Crippen LogP contribution is 2.29. The van der Waals surface area contributed by atoms with Gasteiger partial charge in [0, 0.05) is 43.1 Å². The molecular weight excluding hydrogens is 556 g/mol. The Morgan fingerprint density at radius 2 is 1.66 bits per heavy atom. The average molecular weight is 591 g/mol. The zero-order valence-corrected chi connectivity index (χ0v) is 25.2. The number of hydrogen-bond acceptors (Lipinski definition) is 8. The van der Waals surface area contributed by atoms with Crippen LogP contribution in [-0.4, -0.2) is 56.5 Å². The fourth-order valence-corrected chi connectivity index (χ4v) is 5.56. The molecule has 0 aliphatic carbocycles. The van der Waals surface area contributed by atoms with Gasteiger partial charge in [-0.2, -0.15) is 0 Å². The number of hydrogen-bond donors (Lipinski definition) is 2. The molecule has 4 heterocycles. The number of rotatable bonds is 6. The molecule has 44 heavy (non-hydrogen) atoms. The molecule has 0 atom stereocenters. The van der Waals surface area contributed by atoms with E-state index in [0.717, 1.165) is 46.8 Å². The summed E-state index contributed by atoms with van der Waals surface area (Å²) in [6.07, 6.45) is 3.42. The van der Waals surface area contributed by atoms with Crippen molar-refractivity contribution in [3.05, 3.63) is 99.7 Å². The number of nitrogen functional groups attached to an aromatic ring is 1. The molecule has 6 rings (SSSR count). The van der Waals surface area contributed by atoms with Gasteiger partial charge in [-0.25, -0.2) is 19.6 Å². The lowest BCUT2D eigenvalue weighted by molar-refractivity contribution is 0.102. The van der Waals surface area contributed by atoms with Crippen LogP contribution in [0, 0.1) is 20.8 Å². The van der Waals surface area contributed by atoms with E-state index in [1.54, 1.807) is 47.9 Å². The van der Waals surface area contributed by atoms with Crippen molar-refractivity contribution in [2.24, 2.45) is 7.05 Å². The third-order valence-electron chi connectivity index (χ3n) is 8.03. The highest BCUT2D eigenvalue weighted by molar-refractivity contribution is 6.05. The van der Waals surface area contributed by atoms with Gasteiger partial charge < -0.3 is 20.7 Å². The normalized spacial score (nSPS) is 13.2. The molecule has 0 saturated carbocycles. The minimum absolute atomic E-state index is 0.0934. The van der Waals surface area contributed by atoms with E-state index in [1.165, 1.54) is 0 Å². The number of para-hydroxylation sites is 1. The second-order valence-corrected chi connectivity index (χ2v) is 10.9. The predicted octanol–water partition coefficient (Wildman–Crippen LogP) is 4.29. The standard InChI is InChI=1S/C33H34N8O3/c1-20-6-5-7-21(2)30(20)41-33(43)28(22(3)39(41)4)32(42)37-25-10-8-23(9-11-25)29-31(34)36-19-26(38-29)24-12-13-35-27(18-24)40-14-16-44-17-15-40/h5-13,18-19H,14-17H2,1-4H3,(H2,34,36)(H,37,42). The zero-order chi connectivity index (χ0) is 31.0. The van der Waals surface area contributed by atoms with Crippen molar-refractivity contribution in [2.75, 3.05) is 42.3 Å². The minimum atomic E-state index is -0.476. The van der Waals surface area contributed by atoms with Crippen LogP contribution >= 0.6 is 0 Å². The molecule has 1 amide bonds. The summed E-state index contributed by atoms with van der Waals surface area (Å²) in [6, 6.07) is 16.9.